The zero-order valence-corrected chi connectivity index (χ0v) is 62.3. The van der Waals surface area contributed by atoms with Crippen molar-refractivity contribution in [3.05, 3.63) is 286 Å². The number of hydrogen-bond acceptors (Lipinski definition) is 21. The van der Waals surface area contributed by atoms with E-state index in [9.17, 15) is 24.8 Å². The van der Waals surface area contributed by atoms with Gasteiger partial charge in [0.15, 0.2) is 0 Å². The number of nitrogens with zero attached hydrogens (tertiary/aromatic N) is 6. The average molecular weight is 1460 g/mol. The van der Waals surface area contributed by atoms with Crippen LogP contribution in [0.25, 0.3) is 11.1 Å². The van der Waals surface area contributed by atoms with Crippen molar-refractivity contribution >= 4 is 35.0 Å². The van der Waals surface area contributed by atoms with Gasteiger partial charge in [0.05, 0.1) is 43.2 Å². The minimum Gasteiger partial charge on any atom is -0.550 e. The van der Waals surface area contributed by atoms with Gasteiger partial charge in [0, 0.05) is 52.7 Å². The number of carboxylic acids is 3. The Morgan fingerprint density at radius 2 is 0.879 bits per heavy atom. The maximum Gasteiger partial charge on any atom is 1.00 e. The SMILES string of the molecule is CO/N=C(\COc1ccc(COc2ccc(C(C#N)CC(=O)O)c(OC)c2)cc1)c1ccccc1.CO/N=C(\COc1ccc(COc2ccc(C(C#N)CC(=O)[O-])cc2)cc1)c1ccccc1.CO/N=C(\COc1ccc(COc2ccc(CCC(=O)O)c(-c3c(C)noc3C)c2)cc1)c1ccccc1.[Na+]. The van der Waals surface area contributed by atoms with Gasteiger partial charge in [0.2, 0.25) is 0 Å². The van der Waals surface area contributed by atoms with Crippen LogP contribution in [0.2, 0.25) is 0 Å². The third kappa shape index (κ3) is 26.4. The van der Waals surface area contributed by atoms with Crippen molar-refractivity contribution in [2.24, 2.45) is 15.5 Å². The smallest absolute Gasteiger partial charge is 0.550 e. The summed E-state index contributed by atoms with van der Waals surface area (Å²) in [5, 5.41) is 63.6. The van der Waals surface area contributed by atoms with Crippen LogP contribution in [-0.4, -0.2) is 98.7 Å². The van der Waals surface area contributed by atoms with Gasteiger partial charge in [-0.05, 0) is 120 Å². The fraction of sp³-hybridized carbons (Fsp3) is 0.217. The van der Waals surface area contributed by atoms with E-state index < -0.39 is 29.7 Å². The third-order valence-electron chi connectivity index (χ3n) is 16.0. The maximum atomic E-state index is 11.1. The molecular formula is C83H79N6NaO17. The van der Waals surface area contributed by atoms with Crippen molar-refractivity contribution in [3.8, 4) is 63.5 Å². The van der Waals surface area contributed by atoms with Crippen LogP contribution in [0.15, 0.2) is 244 Å². The molecule has 0 aliphatic carbocycles. The molecule has 0 fully saturated rings. The number of carboxylic acid groups (broad SMARTS) is 3. The van der Waals surface area contributed by atoms with Gasteiger partial charge < -0.3 is 72.3 Å². The summed E-state index contributed by atoms with van der Waals surface area (Å²) in [5.74, 6) is 0.305. The number of methoxy groups -OCH3 is 1. The number of ether oxygens (including phenoxy) is 7. The van der Waals surface area contributed by atoms with Crippen LogP contribution in [-0.2, 0) is 55.1 Å². The largest absolute Gasteiger partial charge is 1.00 e. The number of oxime groups is 3. The molecule has 9 aromatic carbocycles. The van der Waals surface area contributed by atoms with Gasteiger partial charge >= 0.3 is 41.5 Å². The Balaban J connectivity index is 0.000000223. The van der Waals surface area contributed by atoms with E-state index in [2.05, 4.69) is 20.6 Å². The van der Waals surface area contributed by atoms with Crippen LogP contribution in [0.1, 0.15) is 92.6 Å². The first-order valence-electron chi connectivity index (χ1n) is 33.3. The molecule has 0 aliphatic heterocycles. The van der Waals surface area contributed by atoms with Gasteiger partial charge in [-0.1, -0.05) is 172 Å². The van der Waals surface area contributed by atoms with Gasteiger partial charge in [-0.15, -0.1) is 0 Å². The number of nitriles is 2. The molecule has 1 aromatic heterocycles. The van der Waals surface area contributed by atoms with Gasteiger partial charge in [0.1, 0.15) is 124 Å². The summed E-state index contributed by atoms with van der Waals surface area (Å²) in [6.45, 7) is 5.52. The number of rotatable bonds is 35. The van der Waals surface area contributed by atoms with Crippen LogP contribution in [0.3, 0.4) is 0 Å². The molecule has 2 N–H and O–H groups in total. The van der Waals surface area contributed by atoms with Crippen LogP contribution >= 0.6 is 0 Å². The van der Waals surface area contributed by atoms with Crippen molar-refractivity contribution in [1.29, 1.82) is 10.5 Å². The number of hydrogen-bond donors (Lipinski definition) is 2. The standard InChI is InChI=1S/C30H30N2O6.C27H26N2O6.C26H24N2O5.Na/c1-20-30(21(2)38-31-20)27-17-26(15-11-23(27)12-16-29(33)34)36-18-22-9-13-25(14-10-22)37-19-28(32-35-3)24-7-5-4-6-8-24;1-32-26-15-23(12-13-24(26)21(16-28)14-27(30)31)34-17-19-8-10-22(11-9-19)35-18-25(29-33-2)20-6-4-3-5-7-20;1-31-28-25(21-5-3-2-4-6-21)18-33-23-11-7-19(8-12-23)17-32-24-13-9-20(10-14-24)22(16-27)15-26(29)30;/h4-11,13-15,17H,12,16,18-19H2,1-3H3,(H,33,34);3-13,15,21H,14,17-18H2,1-2H3,(H,30,31);2-14,22H,15,17-18H2,1H3,(H,29,30);/q;;;+1/p-1/b32-28+;29-25+;28-25+;. The first-order chi connectivity index (χ1) is 51.6. The van der Waals surface area contributed by atoms with Crippen LogP contribution in [0.4, 0.5) is 0 Å². The fourth-order valence-electron chi connectivity index (χ4n) is 10.6. The van der Waals surface area contributed by atoms with E-state index in [4.69, 9.17) is 67.7 Å². The Kier molecular flexibility index (Phi) is 33.4. The van der Waals surface area contributed by atoms with E-state index >= 15 is 0 Å². The molecule has 10 rings (SSSR count). The van der Waals surface area contributed by atoms with Crippen molar-refractivity contribution < 1.29 is 111 Å². The van der Waals surface area contributed by atoms with Gasteiger partial charge in [-0.3, -0.25) is 9.59 Å². The normalized spacial score (nSPS) is 11.5. The second-order valence-corrected chi connectivity index (χ2v) is 23.3. The Labute approximate surface area is 642 Å². The molecule has 107 heavy (non-hydrogen) atoms. The number of carbonyl (C=O) groups is 3. The van der Waals surface area contributed by atoms with E-state index in [0.29, 0.717) is 101 Å². The molecular weight excluding hydrogens is 1380 g/mol. The summed E-state index contributed by atoms with van der Waals surface area (Å²) in [6.07, 6.45) is -0.201. The maximum absolute atomic E-state index is 11.1. The Hall–Kier alpha value is -12.4. The fourth-order valence-corrected chi connectivity index (χ4v) is 10.6. The molecule has 2 atom stereocenters. The first-order valence-corrected chi connectivity index (χ1v) is 33.3. The van der Waals surface area contributed by atoms with Crippen molar-refractivity contribution in [2.75, 3.05) is 48.3 Å². The van der Waals surface area contributed by atoms with Gasteiger partial charge in [-0.25, -0.2) is 0 Å². The van der Waals surface area contributed by atoms with E-state index in [-0.39, 0.29) is 68.6 Å². The molecule has 0 radical (unpaired) electrons. The second-order valence-electron chi connectivity index (χ2n) is 23.3. The molecule has 23 nitrogen and oxygen atoms in total. The number of aryl methyl sites for hydroxylation is 3. The first kappa shape index (κ1) is 81.9. The summed E-state index contributed by atoms with van der Waals surface area (Å²) in [6, 6.07) is 73.3. The Morgan fingerprint density at radius 3 is 1.25 bits per heavy atom. The van der Waals surface area contributed by atoms with Gasteiger partial charge in [-0.2, -0.15) is 10.5 Å². The zero-order chi connectivity index (χ0) is 75.4. The van der Waals surface area contributed by atoms with Crippen molar-refractivity contribution in [1.82, 2.24) is 5.16 Å². The molecule has 0 amide bonds. The van der Waals surface area contributed by atoms with Crippen LogP contribution < -0.4 is 67.8 Å². The summed E-state index contributed by atoms with van der Waals surface area (Å²) in [4.78, 5) is 47.8. The molecule has 544 valence electrons. The molecule has 10 aromatic rings. The molecule has 0 saturated heterocycles. The summed E-state index contributed by atoms with van der Waals surface area (Å²) < 4.78 is 46.0. The van der Waals surface area contributed by atoms with Crippen molar-refractivity contribution in [3.63, 3.8) is 0 Å². The number of aromatic nitrogens is 1. The average Bonchev–Trinajstić information content (AvgIpc) is 1.72. The summed E-state index contributed by atoms with van der Waals surface area (Å²) in [7, 11) is 5.98. The Bertz CT molecular complexity index is 4610. The molecule has 1 heterocycles. The topological polar surface area (TPSA) is 318 Å². The monoisotopic (exact) mass is 1450 g/mol. The summed E-state index contributed by atoms with van der Waals surface area (Å²) in [5.41, 5.74) is 12.2. The Morgan fingerprint density at radius 1 is 0.486 bits per heavy atom. The van der Waals surface area contributed by atoms with E-state index in [1.807, 2.05) is 208 Å². The molecule has 0 saturated carbocycles. The third-order valence-corrected chi connectivity index (χ3v) is 16.0. The molecule has 0 spiro atoms. The van der Waals surface area contributed by atoms with Crippen LogP contribution in [0.5, 0.6) is 40.2 Å². The number of benzene rings is 9. The molecule has 0 aliphatic rings. The quantitative estimate of drug-likeness (QED) is 0.0212. The van der Waals surface area contributed by atoms with Crippen LogP contribution in [0, 0.1) is 36.5 Å². The number of carbonyl (C=O) groups excluding carboxylic acids is 1. The molecule has 24 heteroatoms. The van der Waals surface area contributed by atoms with E-state index in [0.717, 1.165) is 55.8 Å². The minimum absolute atomic E-state index is 0. The summed E-state index contributed by atoms with van der Waals surface area (Å²) >= 11 is 0. The minimum atomic E-state index is -1.25. The number of aliphatic carboxylic acids is 3. The second kappa shape index (κ2) is 43.6. The zero-order valence-electron chi connectivity index (χ0n) is 60.3. The predicted octanol–water partition coefficient (Wildman–Crippen LogP) is 11.2. The van der Waals surface area contributed by atoms with Gasteiger partial charge in [0.25, 0.3) is 0 Å². The van der Waals surface area contributed by atoms with E-state index in [1.54, 1.807) is 42.5 Å². The van der Waals surface area contributed by atoms with Crippen molar-refractivity contribution in [2.45, 2.75) is 71.2 Å². The molecule has 0 bridgehead atoms. The van der Waals surface area contributed by atoms with E-state index in [1.165, 1.54) is 28.4 Å². The molecule has 2 unspecified atom stereocenters. The predicted molar refractivity (Wildman–Crippen MR) is 394 cm³/mol.